The van der Waals surface area contributed by atoms with E-state index >= 15 is 0 Å². The molecule has 0 radical (unpaired) electrons. The number of ether oxygens (including phenoxy) is 1. The Morgan fingerprint density at radius 2 is 2.17 bits per heavy atom. The quantitative estimate of drug-likeness (QED) is 0.913. The van der Waals surface area contributed by atoms with Crippen molar-refractivity contribution in [3.8, 4) is 5.75 Å². The molecule has 0 spiro atoms. The Kier molecular flexibility index (Phi) is 6.47. The molecule has 1 saturated heterocycles. The van der Waals surface area contributed by atoms with E-state index in [1.165, 1.54) is 12.0 Å². The number of likely N-dealkylation sites (tertiary alicyclic amines) is 1. The van der Waals surface area contributed by atoms with E-state index in [0.717, 1.165) is 38.4 Å². The largest absolute Gasteiger partial charge is 0.494 e. The van der Waals surface area contributed by atoms with E-state index in [2.05, 4.69) is 17.0 Å². The minimum Gasteiger partial charge on any atom is -0.494 e. The van der Waals surface area contributed by atoms with Gasteiger partial charge in [0.2, 0.25) is 0 Å². The highest BCUT2D eigenvalue weighted by atomic mass is 35.5. The maximum absolute atomic E-state index is 6.00. The van der Waals surface area contributed by atoms with E-state index in [-0.39, 0.29) is 12.4 Å². The minimum atomic E-state index is 0. The summed E-state index contributed by atoms with van der Waals surface area (Å²) in [5, 5.41) is 0. The summed E-state index contributed by atoms with van der Waals surface area (Å²) in [7, 11) is 0. The first-order valence-electron chi connectivity index (χ1n) is 6.48. The van der Waals surface area contributed by atoms with Gasteiger partial charge in [0, 0.05) is 24.7 Å². The topological polar surface area (TPSA) is 38.5 Å². The van der Waals surface area contributed by atoms with Crippen molar-refractivity contribution in [2.24, 2.45) is 5.73 Å². The Bertz CT molecular complexity index is 359. The van der Waals surface area contributed by atoms with E-state index in [4.69, 9.17) is 10.5 Å². The molecular weight excluding hydrogens is 248 g/mol. The van der Waals surface area contributed by atoms with Crippen LogP contribution in [0, 0.1) is 0 Å². The number of para-hydroxylation sites is 1. The van der Waals surface area contributed by atoms with Crippen LogP contribution < -0.4 is 10.5 Å². The standard InChI is InChI=1S/C14H22N2O.ClH/c1-2-17-14-8-4-3-6-12(14)10-16-9-5-7-13(15)11-16;/h3-4,6,8,13H,2,5,7,9-11,15H2,1H3;1H. The second kappa shape index (κ2) is 7.62. The van der Waals surface area contributed by atoms with Gasteiger partial charge in [0.15, 0.2) is 0 Å². The smallest absolute Gasteiger partial charge is 0.123 e. The van der Waals surface area contributed by atoms with Crippen molar-refractivity contribution in [2.45, 2.75) is 32.4 Å². The highest BCUT2D eigenvalue weighted by Gasteiger charge is 2.17. The number of piperidine rings is 1. The third-order valence-corrected chi connectivity index (χ3v) is 3.21. The minimum absolute atomic E-state index is 0. The number of hydrogen-bond donors (Lipinski definition) is 1. The van der Waals surface area contributed by atoms with Crippen molar-refractivity contribution in [2.75, 3.05) is 19.7 Å². The Labute approximate surface area is 116 Å². The molecule has 1 aliphatic heterocycles. The monoisotopic (exact) mass is 270 g/mol. The van der Waals surface area contributed by atoms with Gasteiger partial charge in [0.25, 0.3) is 0 Å². The average molecular weight is 271 g/mol. The maximum Gasteiger partial charge on any atom is 0.123 e. The Hall–Kier alpha value is -0.770. The first kappa shape index (κ1) is 15.3. The highest BCUT2D eigenvalue weighted by Crippen LogP contribution is 2.21. The molecule has 1 aromatic rings. The Morgan fingerprint density at radius 3 is 2.89 bits per heavy atom. The third kappa shape index (κ3) is 4.16. The zero-order valence-electron chi connectivity index (χ0n) is 11.0. The molecule has 3 nitrogen and oxygen atoms in total. The van der Waals surface area contributed by atoms with Gasteiger partial charge in [-0.1, -0.05) is 18.2 Å². The van der Waals surface area contributed by atoms with Crippen LogP contribution in [0.2, 0.25) is 0 Å². The van der Waals surface area contributed by atoms with Crippen LogP contribution in [-0.4, -0.2) is 30.6 Å². The molecule has 1 atom stereocenters. The second-order valence-corrected chi connectivity index (χ2v) is 4.68. The number of benzene rings is 1. The SMILES string of the molecule is CCOc1ccccc1CN1CCCC(N)C1.Cl. The van der Waals surface area contributed by atoms with Gasteiger partial charge in [0.1, 0.15) is 5.75 Å². The molecule has 18 heavy (non-hydrogen) atoms. The molecule has 0 amide bonds. The van der Waals surface area contributed by atoms with Gasteiger partial charge in [-0.05, 0) is 32.4 Å². The van der Waals surface area contributed by atoms with E-state index in [9.17, 15) is 0 Å². The van der Waals surface area contributed by atoms with Gasteiger partial charge < -0.3 is 10.5 Å². The van der Waals surface area contributed by atoms with Gasteiger partial charge in [-0.2, -0.15) is 0 Å². The van der Waals surface area contributed by atoms with Crippen LogP contribution in [0.5, 0.6) is 5.75 Å². The fourth-order valence-corrected chi connectivity index (χ4v) is 2.41. The number of hydrogen-bond acceptors (Lipinski definition) is 3. The fraction of sp³-hybridized carbons (Fsp3) is 0.571. The van der Waals surface area contributed by atoms with Crippen molar-refractivity contribution in [3.63, 3.8) is 0 Å². The van der Waals surface area contributed by atoms with Gasteiger partial charge in [-0.15, -0.1) is 12.4 Å². The Balaban J connectivity index is 0.00000162. The zero-order valence-corrected chi connectivity index (χ0v) is 11.8. The molecule has 1 unspecified atom stereocenters. The third-order valence-electron chi connectivity index (χ3n) is 3.21. The summed E-state index contributed by atoms with van der Waals surface area (Å²) in [6.07, 6.45) is 2.36. The van der Waals surface area contributed by atoms with Crippen molar-refractivity contribution in [1.29, 1.82) is 0 Å². The molecule has 1 heterocycles. The van der Waals surface area contributed by atoms with Crippen molar-refractivity contribution in [1.82, 2.24) is 4.90 Å². The molecular formula is C14H23ClN2O. The summed E-state index contributed by atoms with van der Waals surface area (Å²) >= 11 is 0. The lowest BCUT2D eigenvalue weighted by Crippen LogP contribution is -2.42. The van der Waals surface area contributed by atoms with Crippen molar-refractivity contribution < 1.29 is 4.74 Å². The van der Waals surface area contributed by atoms with E-state index < -0.39 is 0 Å². The summed E-state index contributed by atoms with van der Waals surface area (Å²) in [4.78, 5) is 2.42. The molecule has 2 rings (SSSR count). The van der Waals surface area contributed by atoms with Gasteiger partial charge >= 0.3 is 0 Å². The predicted octanol–water partition coefficient (Wildman–Crippen LogP) is 2.43. The summed E-state index contributed by atoms with van der Waals surface area (Å²) in [5.41, 5.74) is 7.27. The maximum atomic E-state index is 6.00. The fourth-order valence-electron chi connectivity index (χ4n) is 2.41. The average Bonchev–Trinajstić information content (AvgIpc) is 2.32. The highest BCUT2D eigenvalue weighted by molar-refractivity contribution is 5.85. The molecule has 102 valence electrons. The van der Waals surface area contributed by atoms with Crippen molar-refractivity contribution >= 4 is 12.4 Å². The van der Waals surface area contributed by atoms with Gasteiger partial charge in [-0.3, -0.25) is 4.90 Å². The van der Waals surface area contributed by atoms with Crippen LogP contribution in [0.4, 0.5) is 0 Å². The number of rotatable bonds is 4. The van der Waals surface area contributed by atoms with Crippen LogP contribution in [0.1, 0.15) is 25.3 Å². The summed E-state index contributed by atoms with van der Waals surface area (Å²) < 4.78 is 5.65. The Morgan fingerprint density at radius 1 is 1.39 bits per heavy atom. The van der Waals surface area contributed by atoms with Crippen LogP contribution >= 0.6 is 12.4 Å². The van der Waals surface area contributed by atoms with Crippen molar-refractivity contribution in [3.05, 3.63) is 29.8 Å². The number of nitrogens with zero attached hydrogens (tertiary/aromatic N) is 1. The molecule has 0 aliphatic carbocycles. The summed E-state index contributed by atoms with van der Waals surface area (Å²) in [6.45, 7) is 5.84. The summed E-state index contributed by atoms with van der Waals surface area (Å²) in [5.74, 6) is 1.01. The lowest BCUT2D eigenvalue weighted by molar-refractivity contribution is 0.198. The van der Waals surface area contributed by atoms with Gasteiger partial charge in [0.05, 0.1) is 6.61 Å². The molecule has 0 saturated carbocycles. The number of halogens is 1. The molecule has 1 fully saturated rings. The zero-order chi connectivity index (χ0) is 12.1. The molecule has 2 N–H and O–H groups in total. The molecule has 4 heteroatoms. The van der Waals surface area contributed by atoms with Crippen LogP contribution in [0.15, 0.2) is 24.3 Å². The normalized spacial score (nSPS) is 20.2. The lowest BCUT2D eigenvalue weighted by atomic mass is 10.1. The van der Waals surface area contributed by atoms with E-state index in [0.29, 0.717) is 6.04 Å². The molecule has 0 bridgehead atoms. The van der Waals surface area contributed by atoms with Crippen LogP contribution in [0.3, 0.4) is 0 Å². The van der Waals surface area contributed by atoms with E-state index in [1.807, 2.05) is 19.1 Å². The summed E-state index contributed by atoms with van der Waals surface area (Å²) in [6, 6.07) is 8.62. The first-order chi connectivity index (χ1) is 8.29. The van der Waals surface area contributed by atoms with E-state index in [1.54, 1.807) is 0 Å². The number of nitrogens with two attached hydrogens (primary N) is 1. The molecule has 1 aromatic carbocycles. The lowest BCUT2D eigenvalue weighted by Gasteiger charge is -2.31. The van der Waals surface area contributed by atoms with Crippen LogP contribution in [-0.2, 0) is 6.54 Å². The first-order valence-corrected chi connectivity index (χ1v) is 6.48. The van der Waals surface area contributed by atoms with Crippen LogP contribution in [0.25, 0.3) is 0 Å². The second-order valence-electron chi connectivity index (χ2n) is 4.68. The molecule has 1 aliphatic rings. The van der Waals surface area contributed by atoms with Gasteiger partial charge in [-0.25, -0.2) is 0 Å². The predicted molar refractivity (Wildman–Crippen MR) is 77.3 cm³/mol. The molecule has 0 aromatic heterocycles.